The van der Waals surface area contributed by atoms with Crippen molar-refractivity contribution in [2.75, 3.05) is 4.72 Å². The average molecular weight is 363 g/mol. The van der Waals surface area contributed by atoms with Crippen LogP contribution < -0.4 is 4.72 Å². The van der Waals surface area contributed by atoms with Gasteiger partial charge < -0.3 is 0 Å². The van der Waals surface area contributed by atoms with Gasteiger partial charge in [0.1, 0.15) is 5.82 Å². The van der Waals surface area contributed by atoms with E-state index in [0.29, 0.717) is 6.07 Å². The van der Waals surface area contributed by atoms with Crippen LogP contribution in [0.25, 0.3) is 0 Å². The fraction of sp³-hybridized carbons (Fsp3) is 0.0769. The van der Waals surface area contributed by atoms with Crippen LogP contribution >= 0.6 is 11.6 Å². The van der Waals surface area contributed by atoms with E-state index in [2.05, 4.69) is 4.72 Å². The van der Waals surface area contributed by atoms with Crippen molar-refractivity contribution >= 4 is 33.0 Å². The Morgan fingerprint density at radius 1 is 1.22 bits per heavy atom. The van der Waals surface area contributed by atoms with E-state index in [1.165, 1.54) is 6.92 Å². The Labute approximate surface area is 134 Å². The monoisotopic (exact) mass is 362 g/mol. The first-order valence-corrected chi connectivity index (χ1v) is 7.90. The summed E-state index contributed by atoms with van der Waals surface area (Å²) in [4.78, 5) is 9.27. The number of benzene rings is 2. The minimum atomic E-state index is -4.24. The maximum Gasteiger partial charge on any atom is 0.306 e. The summed E-state index contributed by atoms with van der Waals surface area (Å²) in [6.45, 7) is 1.20. The predicted molar refractivity (Wildman–Crippen MR) is 80.0 cm³/mol. The third-order valence-electron chi connectivity index (χ3n) is 2.89. The highest BCUT2D eigenvalue weighted by Gasteiger charge is 2.24. The summed E-state index contributed by atoms with van der Waals surface area (Å²) in [5, 5.41) is 10.5. The normalized spacial score (nSPS) is 11.3. The molecule has 122 valence electrons. The van der Waals surface area contributed by atoms with Gasteiger partial charge in [0, 0.05) is 6.07 Å². The molecule has 2 rings (SSSR count). The lowest BCUT2D eigenvalue weighted by Gasteiger charge is -2.10. The second kappa shape index (κ2) is 6.09. The van der Waals surface area contributed by atoms with Crippen LogP contribution in [-0.4, -0.2) is 13.3 Å². The number of nitro groups is 1. The van der Waals surface area contributed by atoms with Gasteiger partial charge in [-0.2, -0.15) is 4.39 Å². The average Bonchev–Trinajstić information content (AvgIpc) is 2.45. The van der Waals surface area contributed by atoms with Gasteiger partial charge in [0.05, 0.1) is 20.5 Å². The Kier molecular flexibility index (Phi) is 4.53. The summed E-state index contributed by atoms with van der Waals surface area (Å²) in [5.41, 5.74) is -1.19. The van der Waals surface area contributed by atoms with E-state index in [-0.39, 0.29) is 16.3 Å². The second-order valence-electron chi connectivity index (χ2n) is 4.56. The number of nitro benzene ring substituents is 1. The number of hydrogen-bond acceptors (Lipinski definition) is 4. The first-order valence-electron chi connectivity index (χ1n) is 6.04. The van der Waals surface area contributed by atoms with Crippen LogP contribution in [0.15, 0.2) is 35.2 Å². The van der Waals surface area contributed by atoms with E-state index in [1.54, 1.807) is 0 Å². The zero-order chi connectivity index (χ0) is 17.4. The first kappa shape index (κ1) is 17.1. The zero-order valence-corrected chi connectivity index (χ0v) is 13.1. The molecule has 0 saturated heterocycles. The van der Waals surface area contributed by atoms with E-state index in [1.807, 2.05) is 0 Å². The molecule has 0 aliphatic heterocycles. The number of hydrogen-bond donors (Lipinski definition) is 1. The quantitative estimate of drug-likeness (QED) is 0.664. The van der Waals surface area contributed by atoms with Gasteiger partial charge in [-0.05, 0) is 36.8 Å². The molecule has 0 atom stereocenters. The van der Waals surface area contributed by atoms with Gasteiger partial charge in [0.2, 0.25) is 5.82 Å². The number of anilines is 1. The topological polar surface area (TPSA) is 89.3 Å². The molecule has 0 amide bonds. The molecule has 0 aliphatic carbocycles. The van der Waals surface area contributed by atoms with Crippen molar-refractivity contribution in [3.63, 3.8) is 0 Å². The molecule has 0 bridgehead atoms. The van der Waals surface area contributed by atoms with Crippen LogP contribution in [-0.2, 0) is 10.0 Å². The molecule has 0 radical (unpaired) electrons. The lowest BCUT2D eigenvalue weighted by molar-refractivity contribution is -0.387. The number of halogens is 3. The Hall–Kier alpha value is -2.26. The van der Waals surface area contributed by atoms with Crippen LogP contribution in [0.3, 0.4) is 0 Å². The van der Waals surface area contributed by atoms with Gasteiger partial charge in [0.15, 0.2) is 0 Å². The number of rotatable bonds is 4. The maximum absolute atomic E-state index is 13.6. The third kappa shape index (κ3) is 3.57. The summed E-state index contributed by atoms with van der Waals surface area (Å²) >= 11 is 5.55. The molecule has 0 saturated carbocycles. The standard InChI is InChI=1S/C13H9ClF2N2O4S/c1-7-4-9(6-12(13(7)16)18(19)20)23(21,22)17-8-2-3-11(15)10(14)5-8/h2-6,17H,1H3. The lowest BCUT2D eigenvalue weighted by atomic mass is 10.2. The lowest BCUT2D eigenvalue weighted by Crippen LogP contribution is -2.14. The Balaban J connectivity index is 2.47. The van der Waals surface area contributed by atoms with E-state index in [4.69, 9.17) is 11.6 Å². The smallest absolute Gasteiger partial charge is 0.280 e. The molecule has 0 aliphatic rings. The number of aryl methyl sites for hydroxylation is 1. The molecule has 1 N–H and O–H groups in total. The van der Waals surface area contributed by atoms with Crippen molar-refractivity contribution in [2.24, 2.45) is 0 Å². The minimum absolute atomic E-state index is 0.0407. The highest BCUT2D eigenvalue weighted by Crippen LogP contribution is 2.27. The van der Waals surface area contributed by atoms with Crippen LogP contribution in [0.2, 0.25) is 5.02 Å². The van der Waals surface area contributed by atoms with Crippen molar-refractivity contribution in [1.29, 1.82) is 0 Å². The molecule has 0 aromatic heterocycles. The van der Waals surface area contributed by atoms with Crippen molar-refractivity contribution in [1.82, 2.24) is 0 Å². The van der Waals surface area contributed by atoms with E-state index in [0.717, 1.165) is 24.3 Å². The van der Waals surface area contributed by atoms with Gasteiger partial charge in [-0.1, -0.05) is 11.6 Å². The van der Waals surface area contributed by atoms with Gasteiger partial charge in [-0.3, -0.25) is 14.8 Å². The molecular formula is C13H9ClF2N2O4S. The number of sulfonamides is 1. The molecule has 0 unspecified atom stereocenters. The van der Waals surface area contributed by atoms with Crippen molar-refractivity contribution < 1.29 is 22.1 Å². The molecule has 0 fully saturated rings. The minimum Gasteiger partial charge on any atom is -0.280 e. The molecule has 2 aromatic rings. The summed E-state index contributed by atoms with van der Waals surface area (Å²) in [7, 11) is -4.24. The Morgan fingerprint density at radius 2 is 1.87 bits per heavy atom. The molecule has 0 spiro atoms. The SMILES string of the molecule is Cc1cc(S(=O)(=O)Nc2ccc(F)c(Cl)c2)cc([N+](=O)[O-])c1F. The van der Waals surface area contributed by atoms with Gasteiger partial charge in [-0.15, -0.1) is 0 Å². The highest BCUT2D eigenvalue weighted by molar-refractivity contribution is 7.92. The summed E-state index contributed by atoms with van der Waals surface area (Å²) < 4.78 is 53.3. The van der Waals surface area contributed by atoms with Crippen LogP contribution in [0.1, 0.15) is 5.56 Å². The molecule has 6 nitrogen and oxygen atoms in total. The molecule has 0 heterocycles. The Bertz CT molecular complexity index is 903. The molecular weight excluding hydrogens is 354 g/mol. The van der Waals surface area contributed by atoms with Crippen molar-refractivity contribution in [3.05, 3.63) is 62.7 Å². The second-order valence-corrected chi connectivity index (χ2v) is 6.65. The van der Waals surface area contributed by atoms with Crippen LogP contribution in [0.5, 0.6) is 0 Å². The van der Waals surface area contributed by atoms with Gasteiger partial charge in [0.25, 0.3) is 10.0 Å². The number of nitrogens with one attached hydrogen (secondary N) is 1. The van der Waals surface area contributed by atoms with Crippen molar-refractivity contribution in [2.45, 2.75) is 11.8 Å². The first-order chi connectivity index (χ1) is 10.6. The van der Waals surface area contributed by atoms with Gasteiger partial charge >= 0.3 is 5.69 Å². The summed E-state index contributed by atoms with van der Waals surface area (Å²) in [6.07, 6.45) is 0. The van der Waals surface area contributed by atoms with Crippen molar-refractivity contribution in [3.8, 4) is 0 Å². The highest BCUT2D eigenvalue weighted by atomic mass is 35.5. The largest absolute Gasteiger partial charge is 0.306 e. The summed E-state index contributed by atoms with van der Waals surface area (Å²) in [5.74, 6) is -1.85. The van der Waals surface area contributed by atoms with E-state index in [9.17, 15) is 27.3 Å². The molecule has 10 heteroatoms. The molecule has 2 aromatic carbocycles. The zero-order valence-electron chi connectivity index (χ0n) is 11.5. The van der Waals surface area contributed by atoms with E-state index < -0.39 is 37.2 Å². The fourth-order valence-electron chi connectivity index (χ4n) is 1.78. The van der Waals surface area contributed by atoms with Gasteiger partial charge in [-0.25, -0.2) is 12.8 Å². The maximum atomic E-state index is 13.6. The Morgan fingerprint density at radius 3 is 2.43 bits per heavy atom. The predicted octanol–water partition coefficient (Wildman–Crippen LogP) is 3.64. The molecule has 23 heavy (non-hydrogen) atoms. The van der Waals surface area contributed by atoms with Crippen LogP contribution in [0, 0.1) is 28.7 Å². The fourth-order valence-corrected chi connectivity index (χ4v) is 3.11. The third-order valence-corrected chi connectivity index (χ3v) is 4.54. The van der Waals surface area contributed by atoms with Crippen LogP contribution in [0.4, 0.5) is 20.2 Å². The number of nitrogens with zero attached hydrogens (tertiary/aromatic N) is 1. The summed E-state index contributed by atoms with van der Waals surface area (Å²) in [6, 6.07) is 4.69. The van der Waals surface area contributed by atoms with E-state index >= 15 is 0 Å².